The van der Waals surface area contributed by atoms with Crippen LogP contribution in [0.25, 0.3) is 0 Å². The van der Waals surface area contributed by atoms with Gasteiger partial charge in [0.1, 0.15) is 5.78 Å². The van der Waals surface area contributed by atoms with Gasteiger partial charge in [0.15, 0.2) is 0 Å². The molecule has 0 aromatic heterocycles. The molecule has 4 rings (SSSR count). The van der Waals surface area contributed by atoms with Gasteiger partial charge in [0, 0.05) is 11.8 Å². The normalized spacial score (nSPS) is 52.5. The van der Waals surface area contributed by atoms with E-state index in [0.717, 1.165) is 36.0 Å². The molecule has 0 radical (unpaired) electrons. The van der Waals surface area contributed by atoms with Crippen molar-refractivity contribution < 1.29 is 4.79 Å². The van der Waals surface area contributed by atoms with Crippen LogP contribution in [-0.4, -0.2) is 5.78 Å². The molecule has 0 amide bonds. The third kappa shape index (κ3) is 1.63. The maximum Gasteiger partial charge on any atom is 0.139 e. The fourth-order valence-corrected chi connectivity index (χ4v) is 6.19. The maximum absolute atomic E-state index is 12.3. The molecule has 3 fully saturated rings. The van der Waals surface area contributed by atoms with Gasteiger partial charge < -0.3 is 0 Å². The zero-order valence-corrected chi connectivity index (χ0v) is 12.1. The van der Waals surface area contributed by atoms with Crippen molar-refractivity contribution in [1.82, 2.24) is 0 Å². The zero-order chi connectivity index (χ0) is 13.0. The van der Waals surface area contributed by atoms with Gasteiger partial charge in [-0.3, -0.25) is 4.79 Å². The van der Waals surface area contributed by atoms with E-state index in [9.17, 15) is 4.79 Å². The largest absolute Gasteiger partial charge is 0.299 e. The zero-order valence-electron chi connectivity index (χ0n) is 12.1. The van der Waals surface area contributed by atoms with Gasteiger partial charge in [0.2, 0.25) is 0 Å². The van der Waals surface area contributed by atoms with Crippen molar-refractivity contribution in [2.24, 2.45) is 35.0 Å². The Hall–Kier alpha value is -0.590. The van der Waals surface area contributed by atoms with Crippen molar-refractivity contribution in [1.29, 1.82) is 0 Å². The van der Waals surface area contributed by atoms with E-state index in [2.05, 4.69) is 19.1 Å². The first-order valence-electron chi connectivity index (χ1n) is 8.38. The Morgan fingerprint density at radius 1 is 1.00 bits per heavy atom. The molecule has 1 heteroatoms. The molecule has 19 heavy (non-hydrogen) atoms. The van der Waals surface area contributed by atoms with E-state index < -0.39 is 0 Å². The minimum absolute atomic E-state index is 0.0680. The molecule has 1 nitrogen and oxygen atoms in total. The van der Waals surface area contributed by atoms with E-state index in [1.165, 1.54) is 44.9 Å². The first kappa shape index (κ1) is 12.2. The van der Waals surface area contributed by atoms with Crippen LogP contribution in [0.15, 0.2) is 12.2 Å². The van der Waals surface area contributed by atoms with Gasteiger partial charge in [-0.15, -0.1) is 0 Å². The van der Waals surface area contributed by atoms with Crippen LogP contribution in [0.1, 0.15) is 58.3 Å². The summed E-state index contributed by atoms with van der Waals surface area (Å²) in [6.45, 7) is 2.29. The van der Waals surface area contributed by atoms with Crippen LogP contribution in [0.5, 0.6) is 0 Å². The average Bonchev–Trinajstić information content (AvgIpc) is 2.75. The molecule has 1 unspecified atom stereocenters. The van der Waals surface area contributed by atoms with Crippen LogP contribution in [0.3, 0.4) is 0 Å². The van der Waals surface area contributed by atoms with Gasteiger partial charge in [-0.1, -0.05) is 19.1 Å². The summed E-state index contributed by atoms with van der Waals surface area (Å²) in [5.74, 6) is 5.04. The lowest BCUT2D eigenvalue weighted by Gasteiger charge is -2.53. The Bertz CT molecular complexity index is 423. The Balaban J connectivity index is 1.63. The number of carbonyl (C=O) groups is 1. The highest BCUT2D eigenvalue weighted by molar-refractivity contribution is 5.87. The Morgan fingerprint density at radius 3 is 2.74 bits per heavy atom. The lowest BCUT2D eigenvalue weighted by atomic mass is 9.51. The molecule has 6 atom stereocenters. The SMILES string of the molecule is C[C@]12CC[C@H]3[C@@H](CCC4CC=CC[C@@H]43)[C@@H]1CCC2=O. The van der Waals surface area contributed by atoms with E-state index in [1.54, 1.807) is 0 Å². The predicted molar refractivity (Wildman–Crippen MR) is 76.6 cm³/mol. The second-order valence-corrected chi connectivity index (χ2v) is 7.80. The lowest BCUT2D eigenvalue weighted by Crippen LogP contribution is -2.47. The monoisotopic (exact) mass is 258 g/mol. The second-order valence-electron chi connectivity index (χ2n) is 7.80. The Morgan fingerprint density at radius 2 is 1.84 bits per heavy atom. The van der Waals surface area contributed by atoms with Crippen molar-refractivity contribution >= 4 is 5.78 Å². The third-order valence-corrected chi connectivity index (χ3v) is 7.24. The topological polar surface area (TPSA) is 17.1 Å². The van der Waals surface area contributed by atoms with Crippen molar-refractivity contribution in [3.05, 3.63) is 12.2 Å². The van der Waals surface area contributed by atoms with Gasteiger partial charge in [0.25, 0.3) is 0 Å². The average molecular weight is 258 g/mol. The number of fused-ring (bicyclic) bond motifs is 5. The minimum Gasteiger partial charge on any atom is -0.299 e. The van der Waals surface area contributed by atoms with Gasteiger partial charge in [0.05, 0.1) is 0 Å². The molecule has 0 bridgehead atoms. The van der Waals surface area contributed by atoms with Crippen molar-refractivity contribution in [2.75, 3.05) is 0 Å². The molecule has 0 heterocycles. The fraction of sp³-hybridized carbons (Fsp3) is 0.833. The number of Topliss-reactive ketones (excluding diaryl/α,β-unsaturated/α-hetero) is 1. The van der Waals surface area contributed by atoms with Crippen molar-refractivity contribution in [2.45, 2.75) is 58.3 Å². The maximum atomic E-state index is 12.3. The van der Waals surface area contributed by atoms with Gasteiger partial charge in [-0.05, 0) is 74.5 Å². The van der Waals surface area contributed by atoms with E-state index in [4.69, 9.17) is 0 Å². The highest BCUT2D eigenvalue weighted by Gasteiger charge is 2.56. The molecule has 0 spiro atoms. The van der Waals surface area contributed by atoms with E-state index in [1.807, 2.05) is 0 Å². The molecule has 0 aromatic carbocycles. The highest BCUT2D eigenvalue weighted by Crippen LogP contribution is 2.60. The van der Waals surface area contributed by atoms with Gasteiger partial charge in [-0.2, -0.15) is 0 Å². The molecule has 0 aromatic rings. The standard InChI is InChI=1S/C18H26O/c1-18-11-10-14-13-5-3-2-4-12(13)6-7-15(14)16(18)8-9-17(18)19/h2-3,12-16H,4-11H2,1H3/t12?,13-,14+,15+,16-,18-/m0/s1. The Kier molecular flexibility index (Phi) is 2.69. The number of ketones is 1. The molecule has 0 N–H and O–H groups in total. The molecule has 0 saturated heterocycles. The summed E-state index contributed by atoms with van der Waals surface area (Å²) in [7, 11) is 0. The first-order chi connectivity index (χ1) is 9.20. The van der Waals surface area contributed by atoms with Crippen molar-refractivity contribution in [3.8, 4) is 0 Å². The van der Waals surface area contributed by atoms with Crippen LogP contribution in [0.2, 0.25) is 0 Å². The predicted octanol–water partition coefficient (Wildman–Crippen LogP) is 4.37. The summed E-state index contributed by atoms with van der Waals surface area (Å²) in [6.07, 6.45) is 14.9. The second kappa shape index (κ2) is 4.20. The van der Waals surface area contributed by atoms with E-state index >= 15 is 0 Å². The van der Waals surface area contributed by atoms with Crippen LogP contribution in [0.4, 0.5) is 0 Å². The molecular weight excluding hydrogens is 232 g/mol. The number of allylic oxidation sites excluding steroid dienone is 2. The minimum atomic E-state index is 0.0680. The third-order valence-electron chi connectivity index (χ3n) is 7.24. The smallest absolute Gasteiger partial charge is 0.139 e. The van der Waals surface area contributed by atoms with Gasteiger partial charge >= 0.3 is 0 Å². The molecule has 3 saturated carbocycles. The molecule has 4 aliphatic carbocycles. The van der Waals surface area contributed by atoms with Crippen LogP contribution in [0, 0.1) is 35.0 Å². The lowest BCUT2D eigenvalue weighted by molar-refractivity contribution is -0.132. The quantitative estimate of drug-likeness (QED) is 0.589. The summed E-state index contributed by atoms with van der Waals surface area (Å²) in [5, 5.41) is 0. The first-order valence-corrected chi connectivity index (χ1v) is 8.38. The number of hydrogen-bond acceptors (Lipinski definition) is 1. The summed E-state index contributed by atoms with van der Waals surface area (Å²) in [6, 6.07) is 0. The Labute approximate surface area is 116 Å². The molecule has 104 valence electrons. The van der Waals surface area contributed by atoms with E-state index in [-0.39, 0.29) is 5.41 Å². The summed E-state index contributed by atoms with van der Waals surface area (Å²) >= 11 is 0. The molecule has 0 aliphatic heterocycles. The molecular formula is C18H26O. The summed E-state index contributed by atoms with van der Waals surface area (Å²) < 4.78 is 0. The van der Waals surface area contributed by atoms with Crippen LogP contribution < -0.4 is 0 Å². The number of carbonyl (C=O) groups excluding carboxylic acids is 1. The van der Waals surface area contributed by atoms with Crippen LogP contribution >= 0.6 is 0 Å². The number of hydrogen-bond donors (Lipinski definition) is 0. The highest BCUT2D eigenvalue weighted by atomic mass is 16.1. The van der Waals surface area contributed by atoms with Crippen molar-refractivity contribution in [3.63, 3.8) is 0 Å². The summed E-state index contributed by atoms with van der Waals surface area (Å²) in [5.41, 5.74) is 0.0680. The van der Waals surface area contributed by atoms with Gasteiger partial charge in [-0.25, -0.2) is 0 Å². The number of rotatable bonds is 0. The molecule has 4 aliphatic rings. The van der Waals surface area contributed by atoms with E-state index in [0.29, 0.717) is 5.78 Å². The van der Waals surface area contributed by atoms with Crippen LogP contribution in [-0.2, 0) is 4.79 Å². The summed E-state index contributed by atoms with van der Waals surface area (Å²) in [4.78, 5) is 12.3. The fourth-order valence-electron chi connectivity index (χ4n) is 6.19.